The van der Waals surface area contributed by atoms with Gasteiger partial charge in [0.05, 0.1) is 16.9 Å². The van der Waals surface area contributed by atoms with Crippen LogP contribution in [0.15, 0.2) is 110 Å². The number of aryl methyl sites for hydroxylation is 1. The van der Waals surface area contributed by atoms with E-state index in [2.05, 4.69) is 27.1 Å². The molecule has 2 amide bonds. The van der Waals surface area contributed by atoms with Gasteiger partial charge in [0, 0.05) is 61.2 Å². The van der Waals surface area contributed by atoms with Crippen LogP contribution in [0.2, 0.25) is 0 Å². The molecule has 0 unspecified atom stereocenters. The van der Waals surface area contributed by atoms with Crippen molar-refractivity contribution in [2.75, 3.05) is 6.54 Å². The van der Waals surface area contributed by atoms with Crippen LogP contribution in [0, 0.1) is 6.92 Å². The summed E-state index contributed by atoms with van der Waals surface area (Å²) in [4.78, 5) is 45.9. The minimum atomic E-state index is -0.692. The van der Waals surface area contributed by atoms with E-state index in [4.69, 9.17) is 0 Å². The molecule has 0 N–H and O–H groups in total. The Kier molecular flexibility index (Phi) is 8.98. The van der Waals surface area contributed by atoms with E-state index in [-0.39, 0.29) is 18.4 Å². The van der Waals surface area contributed by atoms with E-state index in [1.54, 1.807) is 41.8 Å². The van der Waals surface area contributed by atoms with E-state index >= 15 is 0 Å². The highest BCUT2D eigenvalue weighted by molar-refractivity contribution is 7.12. The van der Waals surface area contributed by atoms with Gasteiger partial charge in [0.25, 0.3) is 0 Å². The van der Waals surface area contributed by atoms with E-state index in [1.165, 1.54) is 16.9 Å². The van der Waals surface area contributed by atoms with Crippen molar-refractivity contribution in [2.45, 2.75) is 38.9 Å². The van der Waals surface area contributed by atoms with Crippen molar-refractivity contribution >= 4 is 29.2 Å². The number of nitrogens with zero attached hydrogens (tertiary/aromatic N) is 5. The first-order chi connectivity index (χ1) is 21.5. The summed E-state index contributed by atoms with van der Waals surface area (Å²) in [5, 5.41) is 0.930. The minimum Gasteiger partial charge on any atom is -0.336 e. The van der Waals surface area contributed by atoms with Crippen LogP contribution in [-0.2, 0) is 35.5 Å². The Bertz CT molecular complexity index is 1750. The monoisotopic (exact) mass is 599 g/mol. The molecule has 220 valence electrons. The van der Waals surface area contributed by atoms with Gasteiger partial charge in [-0.1, -0.05) is 78.9 Å². The molecule has 0 radical (unpaired) electrons. The number of fused-ring (bicyclic) bond motifs is 1. The highest BCUT2D eigenvalue weighted by atomic mass is 32.1. The molecule has 0 bridgehead atoms. The molecule has 1 aliphatic heterocycles. The summed E-state index contributed by atoms with van der Waals surface area (Å²) in [5.74, 6) is -0.268. The third-order valence-corrected chi connectivity index (χ3v) is 8.73. The number of amides is 2. The lowest BCUT2D eigenvalue weighted by Crippen LogP contribution is -2.52. The highest BCUT2D eigenvalue weighted by Gasteiger charge is 2.34. The number of carbonyl (C=O) groups is 2. The minimum absolute atomic E-state index is 0.0464. The topological polar surface area (TPSA) is 79.3 Å². The Morgan fingerprint density at radius 3 is 2.41 bits per heavy atom. The number of carbonyl (C=O) groups excluding carboxylic acids is 2. The van der Waals surface area contributed by atoms with Gasteiger partial charge in [-0.3, -0.25) is 19.6 Å². The van der Waals surface area contributed by atoms with Crippen LogP contribution in [0.1, 0.15) is 32.1 Å². The molecule has 8 heteroatoms. The maximum Gasteiger partial charge on any atom is 0.247 e. The Balaban J connectivity index is 1.34. The molecule has 1 atom stereocenters. The third kappa shape index (κ3) is 6.98. The first kappa shape index (κ1) is 29.1. The number of rotatable bonds is 9. The molecular formula is C36H33N5O2S. The lowest BCUT2D eigenvalue weighted by atomic mass is 9.97. The highest BCUT2D eigenvalue weighted by Crippen LogP contribution is 2.24. The van der Waals surface area contributed by atoms with Crippen molar-refractivity contribution in [3.63, 3.8) is 0 Å². The summed E-state index contributed by atoms with van der Waals surface area (Å²) >= 11 is 1.52. The summed E-state index contributed by atoms with van der Waals surface area (Å²) in [6.07, 6.45) is 11.4. The van der Waals surface area contributed by atoms with Gasteiger partial charge in [0.15, 0.2) is 0 Å². The fraction of sp³-hybridized carbons (Fsp3) is 0.194. The van der Waals surface area contributed by atoms with E-state index in [1.807, 2.05) is 78.6 Å². The number of hydrogen-bond donors (Lipinski definition) is 0. The largest absolute Gasteiger partial charge is 0.336 e. The molecule has 0 spiro atoms. The number of thiazole rings is 1. The third-order valence-electron chi connectivity index (χ3n) is 7.85. The Morgan fingerprint density at radius 1 is 0.909 bits per heavy atom. The van der Waals surface area contributed by atoms with Crippen molar-refractivity contribution in [2.24, 2.45) is 0 Å². The van der Waals surface area contributed by atoms with Gasteiger partial charge in [-0.2, -0.15) is 0 Å². The predicted octanol–water partition coefficient (Wildman–Crippen LogP) is 6.15. The Hall–Kier alpha value is -4.95. The molecule has 6 rings (SSSR count). The summed E-state index contributed by atoms with van der Waals surface area (Å²) in [7, 11) is 0. The molecule has 3 heterocycles. The van der Waals surface area contributed by atoms with Crippen LogP contribution in [0.3, 0.4) is 0 Å². The van der Waals surface area contributed by atoms with Crippen LogP contribution >= 0.6 is 11.3 Å². The smallest absolute Gasteiger partial charge is 0.247 e. The van der Waals surface area contributed by atoms with Crippen LogP contribution in [0.25, 0.3) is 17.3 Å². The standard InChI is InChI=1S/C36H33N5O2S/c1-26-39-22-32(44-26)15-16-35(42)41(24-28-11-13-30(14-12-28)33-23-37-18-19-38-33)34(21-27-7-3-2-4-8-27)36(43)40-20-17-29-9-5-6-10-31(29)25-40/h2-16,18-19,22-23,34H,17,20-21,24-25H2,1H3/t34-/m0/s1. The van der Waals surface area contributed by atoms with Crippen molar-refractivity contribution in [1.29, 1.82) is 0 Å². The molecule has 2 aromatic heterocycles. The van der Waals surface area contributed by atoms with Crippen molar-refractivity contribution in [3.05, 3.63) is 142 Å². The fourth-order valence-electron chi connectivity index (χ4n) is 5.53. The second-order valence-electron chi connectivity index (χ2n) is 10.9. The van der Waals surface area contributed by atoms with Crippen LogP contribution in [-0.4, -0.2) is 49.2 Å². The second-order valence-corrected chi connectivity index (χ2v) is 12.1. The van der Waals surface area contributed by atoms with Gasteiger partial charge in [-0.05, 0) is 41.7 Å². The molecule has 44 heavy (non-hydrogen) atoms. The zero-order chi connectivity index (χ0) is 30.3. The van der Waals surface area contributed by atoms with Crippen molar-refractivity contribution < 1.29 is 9.59 Å². The molecular weight excluding hydrogens is 566 g/mol. The number of benzene rings is 3. The summed E-state index contributed by atoms with van der Waals surface area (Å²) < 4.78 is 0. The molecule has 0 aliphatic carbocycles. The number of aromatic nitrogens is 3. The van der Waals surface area contributed by atoms with Gasteiger partial charge in [0.2, 0.25) is 11.8 Å². The first-order valence-electron chi connectivity index (χ1n) is 14.7. The Labute approximate surface area is 261 Å². The summed E-state index contributed by atoms with van der Waals surface area (Å²) in [6, 6.07) is 25.4. The van der Waals surface area contributed by atoms with E-state index in [0.717, 1.165) is 44.3 Å². The number of hydrogen-bond acceptors (Lipinski definition) is 6. The van der Waals surface area contributed by atoms with Crippen LogP contribution in [0.4, 0.5) is 0 Å². The average molecular weight is 600 g/mol. The zero-order valence-electron chi connectivity index (χ0n) is 24.5. The van der Waals surface area contributed by atoms with Gasteiger partial charge in [-0.25, -0.2) is 4.98 Å². The molecule has 0 saturated heterocycles. The summed E-state index contributed by atoms with van der Waals surface area (Å²) in [6.45, 7) is 3.36. The first-order valence-corrected chi connectivity index (χ1v) is 15.5. The molecule has 3 aromatic carbocycles. The van der Waals surface area contributed by atoms with E-state index in [9.17, 15) is 9.59 Å². The maximum atomic E-state index is 14.5. The summed E-state index contributed by atoms with van der Waals surface area (Å²) in [5.41, 5.74) is 6.06. The van der Waals surface area contributed by atoms with Crippen LogP contribution < -0.4 is 0 Å². The lowest BCUT2D eigenvalue weighted by molar-refractivity contribution is -0.144. The van der Waals surface area contributed by atoms with Gasteiger partial charge < -0.3 is 9.80 Å². The maximum absolute atomic E-state index is 14.5. The van der Waals surface area contributed by atoms with Gasteiger partial charge >= 0.3 is 0 Å². The SMILES string of the molecule is Cc1ncc(C=CC(=O)N(Cc2ccc(-c3cnccn3)cc2)[C@@H](Cc2ccccc2)C(=O)N2CCc3ccccc3C2)s1. The van der Waals surface area contributed by atoms with E-state index in [0.29, 0.717) is 19.5 Å². The average Bonchev–Trinajstić information content (AvgIpc) is 3.50. The van der Waals surface area contributed by atoms with Gasteiger partial charge in [0.1, 0.15) is 6.04 Å². The lowest BCUT2D eigenvalue weighted by Gasteiger charge is -2.37. The normalized spacial score (nSPS) is 13.4. The molecule has 0 fully saturated rings. The molecule has 0 saturated carbocycles. The second kappa shape index (κ2) is 13.6. The van der Waals surface area contributed by atoms with Crippen molar-refractivity contribution in [1.82, 2.24) is 24.8 Å². The fourth-order valence-corrected chi connectivity index (χ4v) is 6.22. The predicted molar refractivity (Wildman–Crippen MR) is 173 cm³/mol. The van der Waals surface area contributed by atoms with Crippen molar-refractivity contribution in [3.8, 4) is 11.3 Å². The van der Waals surface area contributed by atoms with E-state index < -0.39 is 6.04 Å². The van der Waals surface area contributed by atoms with Gasteiger partial charge in [-0.15, -0.1) is 11.3 Å². The molecule has 7 nitrogen and oxygen atoms in total. The quantitative estimate of drug-likeness (QED) is 0.190. The molecule has 1 aliphatic rings. The van der Waals surface area contributed by atoms with Crippen LogP contribution in [0.5, 0.6) is 0 Å². The zero-order valence-corrected chi connectivity index (χ0v) is 25.4. The Morgan fingerprint density at radius 2 is 1.68 bits per heavy atom. The molecule has 5 aromatic rings.